The molecule has 2 unspecified atom stereocenters. The fraction of sp³-hybridized carbons (Fsp3) is 0.706. The summed E-state index contributed by atoms with van der Waals surface area (Å²) in [6.07, 6.45) is -16.5. The third kappa shape index (κ3) is 6.35. The second-order valence-corrected chi connectivity index (χ2v) is 11.6. The first-order chi connectivity index (χ1) is 18.7. The summed E-state index contributed by atoms with van der Waals surface area (Å²) in [6.45, 7) is -2.06. The highest BCUT2D eigenvalue weighted by molar-refractivity contribution is 7.59. The van der Waals surface area contributed by atoms with Gasteiger partial charge in [0.1, 0.15) is 60.7 Å². The number of nitrogens with zero attached hydrogens (tertiary/aromatic N) is 4. The van der Waals surface area contributed by atoms with Gasteiger partial charge in [-0.2, -0.15) is 0 Å². The molecule has 0 bridgehead atoms. The van der Waals surface area contributed by atoms with Crippen LogP contribution in [0.25, 0.3) is 11.2 Å². The van der Waals surface area contributed by atoms with Crippen molar-refractivity contribution in [2.24, 2.45) is 0 Å². The van der Waals surface area contributed by atoms with Crippen molar-refractivity contribution in [2.45, 2.75) is 61.3 Å². The molecule has 12 atom stereocenters. The monoisotopic (exact) mass is 617 g/mol. The Kier molecular flexibility index (Phi) is 9.25. The lowest BCUT2D eigenvalue weighted by Crippen LogP contribution is -2.61. The second-order valence-electron chi connectivity index (χ2n) is 8.70. The molecule has 2 aliphatic heterocycles. The summed E-state index contributed by atoms with van der Waals surface area (Å²) >= 11 is 0. The number of aliphatic hydroxyl groups is 7. The van der Waals surface area contributed by atoms with Crippen molar-refractivity contribution in [3.05, 3.63) is 12.7 Å². The lowest BCUT2D eigenvalue weighted by molar-refractivity contribution is -0.313. The number of imidazole rings is 1. The van der Waals surface area contributed by atoms with Gasteiger partial charge in [0.15, 0.2) is 24.0 Å². The number of rotatable bonds is 10. The smallest absolute Gasteiger partial charge is 0.276 e. The van der Waals surface area contributed by atoms with Crippen LogP contribution in [-0.4, -0.2) is 124 Å². The molecule has 0 aliphatic carbocycles. The Hall–Kier alpha value is -1.75. The van der Waals surface area contributed by atoms with Gasteiger partial charge >= 0.3 is 0 Å². The zero-order valence-corrected chi connectivity index (χ0v) is 21.7. The normalized spacial score (nSPS) is 36.8. The van der Waals surface area contributed by atoms with Gasteiger partial charge in [-0.1, -0.05) is 0 Å². The van der Waals surface area contributed by atoms with Crippen molar-refractivity contribution in [3.8, 4) is 0 Å². The molecule has 21 nitrogen and oxygen atoms in total. The minimum absolute atomic E-state index is 0.0160. The van der Waals surface area contributed by atoms with Crippen molar-refractivity contribution in [3.63, 3.8) is 0 Å². The predicted molar refractivity (Wildman–Crippen MR) is 119 cm³/mol. The lowest BCUT2D eigenvalue weighted by atomic mass is 9.96. The van der Waals surface area contributed by atoms with E-state index < -0.39 is 90.2 Å². The summed E-state index contributed by atoms with van der Waals surface area (Å²) in [7, 11) is -11.8. The number of aromatic nitrogens is 4. The van der Waals surface area contributed by atoms with Crippen LogP contribution in [0.2, 0.25) is 0 Å². The maximum Gasteiger partial charge on any atom is 0.276 e. The van der Waals surface area contributed by atoms with Crippen LogP contribution in [0.1, 0.15) is 6.23 Å². The first-order valence-electron chi connectivity index (χ1n) is 11.3. The molecule has 2 aliphatic rings. The first-order valence-corrected chi connectivity index (χ1v) is 14.2. The number of hydrogen-bond donors (Lipinski definition) is 8. The average molecular weight is 617 g/mol. The van der Waals surface area contributed by atoms with Gasteiger partial charge in [-0.15, -0.1) is 0 Å². The van der Waals surface area contributed by atoms with Crippen molar-refractivity contribution < 1.29 is 77.5 Å². The van der Waals surface area contributed by atoms with Gasteiger partial charge in [0.2, 0.25) is 0 Å². The number of phosphoric ester groups is 2. The maximum absolute atomic E-state index is 12.2. The molecule has 9 N–H and O–H groups in total. The number of ether oxygens (including phenoxy) is 2. The molecule has 226 valence electrons. The Balaban J connectivity index is 1.38. The van der Waals surface area contributed by atoms with Gasteiger partial charge < -0.3 is 65.3 Å². The van der Waals surface area contributed by atoms with Gasteiger partial charge in [0.25, 0.3) is 15.6 Å². The number of nitrogens with two attached hydrogens (primary N) is 1. The number of aliphatic hydroxyl groups excluding tert-OH is 7. The Labute approximate surface area is 223 Å². The van der Waals surface area contributed by atoms with E-state index in [-0.39, 0.29) is 17.0 Å². The topological polar surface area (TPSA) is 338 Å². The second kappa shape index (κ2) is 11.9. The van der Waals surface area contributed by atoms with Gasteiger partial charge in [0, 0.05) is 0 Å². The molecule has 0 aromatic carbocycles. The SMILES string of the molecule is Nc1ncnc2c1ncn2[C@@H]1O[C@H](COP(=O)([O-])OP(=O)([O-])O[C@@H]2O[C@H]([C@@H](O)CO)[C@@H](O)[C@H](O)[C@@H]2O)[C@@H](O)[C@H]1O. The molecule has 40 heavy (non-hydrogen) atoms. The van der Waals surface area contributed by atoms with Gasteiger partial charge in [-0.05, 0) is 0 Å². The van der Waals surface area contributed by atoms with Gasteiger partial charge in [-0.25, -0.2) is 19.3 Å². The van der Waals surface area contributed by atoms with E-state index in [2.05, 4.69) is 28.3 Å². The van der Waals surface area contributed by atoms with E-state index in [0.717, 1.165) is 6.33 Å². The Morgan fingerprint density at radius 2 is 1.70 bits per heavy atom. The fourth-order valence-electron chi connectivity index (χ4n) is 3.99. The number of fused-ring (bicyclic) bond motifs is 1. The Morgan fingerprint density at radius 1 is 1.00 bits per heavy atom. The van der Waals surface area contributed by atoms with Crippen LogP contribution in [0.5, 0.6) is 0 Å². The van der Waals surface area contributed by atoms with Crippen molar-refractivity contribution >= 4 is 32.6 Å². The van der Waals surface area contributed by atoms with Crippen LogP contribution in [-0.2, 0) is 32.0 Å². The molecule has 2 aromatic heterocycles. The molecule has 2 fully saturated rings. The Bertz CT molecular complexity index is 1290. The first kappa shape index (κ1) is 31.2. The summed E-state index contributed by atoms with van der Waals surface area (Å²) in [5.74, 6) is 0.0160. The molecular formula is C17H25N5O16P2-2. The maximum atomic E-state index is 12.2. The zero-order chi connectivity index (χ0) is 29.6. The summed E-state index contributed by atoms with van der Waals surface area (Å²) in [4.78, 5) is 36.1. The fourth-order valence-corrected chi connectivity index (χ4v) is 6.07. The minimum atomic E-state index is -5.97. The quantitative estimate of drug-likeness (QED) is 0.115. The summed E-state index contributed by atoms with van der Waals surface area (Å²) in [5.41, 5.74) is 5.98. The summed E-state index contributed by atoms with van der Waals surface area (Å²) < 4.78 is 48.6. The zero-order valence-electron chi connectivity index (χ0n) is 19.9. The molecule has 4 heterocycles. The van der Waals surface area contributed by atoms with E-state index in [0.29, 0.717) is 0 Å². The van der Waals surface area contributed by atoms with Crippen molar-refractivity contribution in [1.29, 1.82) is 0 Å². The molecule has 0 radical (unpaired) electrons. The molecule has 23 heteroatoms. The molecule has 2 saturated heterocycles. The van der Waals surface area contributed by atoms with Crippen LogP contribution in [0.4, 0.5) is 5.82 Å². The lowest BCUT2D eigenvalue weighted by Gasteiger charge is -2.43. The highest BCUT2D eigenvalue weighted by Crippen LogP contribution is 2.57. The van der Waals surface area contributed by atoms with Crippen LogP contribution in [0, 0.1) is 0 Å². The molecule has 0 saturated carbocycles. The number of phosphoric acid groups is 2. The van der Waals surface area contributed by atoms with E-state index in [9.17, 15) is 49.6 Å². The molecule has 0 spiro atoms. The number of hydrogen-bond acceptors (Lipinski definition) is 20. The van der Waals surface area contributed by atoms with Gasteiger partial charge in [0.05, 0.1) is 19.5 Å². The third-order valence-electron chi connectivity index (χ3n) is 6.00. The predicted octanol–water partition coefficient (Wildman–Crippen LogP) is -5.82. The molecular weight excluding hydrogens is 592 g/mol. The van der Waals surface area contributed by atoms with Crippen molar-refractivity contribution in [1.82, 2.24) is 19.5 Å². The summed E-state index contributed by atoms with van der Waals surface area (Å²) in [5, 5.41) is 69.1. The highest BCUT2D eigenvalue weighted by Gasteiger charge is 2.48. The van der Waals surface area contributed by atoms with E-state index in [4.69, 9.17) is 20.3 Å². The third-order valence-corrected chi connectivity index (χ3v) is 8.53. The highest BCUT2D eigenvalue weighted by atomic mass is 31.3. The summed E-state index contributed by atoms with van der Waals surface area (Å²) in [6, 6.07) is 0. The van der Waals surface area contributed by atoms with Crippen LogP contribution in [0.3, 0.4) is 0 Å². The largest absolute Gasteiger partial charge is 0.756 e. The standard InChI is InChI=1S/C17H27N5O16P2/c18-14-7-15(20-3-19-14)22(4-21-7)16-11(28)8(25)6(35-16)2-34-39(30,31)38-40(32,33)37-17-12(29)9(26)10(27)13(36-17)5(24)1-23/h3-6,8-13,16-17,23-29H,1-2H2,(H,30,31)(H,32,33)(H2,18,19,20)/p-2/t5-,6+,8+,9-,10-,11+,12-,13+,16+,17-/m0/s1. The number of anilines is 1. The molecule has 0 amide bonds. The average Bonchev–Trinajstić information content (AvgIpc) is 3.43. The van der Waals surface area contributed by atoms with Gasteiger partial charge in [-0.3, -0.25) is 18.2 Å². The molecule has 4 rings (SSSR count). The number of nitrogen functional groups attached to an aromatic ring is 1. The van der Waals surface area contributed by atoms with E-state index in [1.807, 2.05) is 0 Å². The molecule has 2 aromatic rings. The van der Waals surface area contributed by atoms with Crippen LogP contribution < -0.4 is 15.5 Å². The van der Waals surface area contributed by atoms with E-state index in [1.54, 1.807) is 0 Å². The minimum Gasteiger partial charge on any atom is -0.756 e. The van der Waals surface area contributed by atoms with E-state index >= 15 is 0 Å². The van der Waals surface area contributed by atoms with E-state index in [1.165, 1.54) is 10.9 Å². The van der Waals surface area contributed by atoms with Crippen LogP contribution in [0.15, 0.2) is 12.7 Å². The Morgan fingerprint density at radius 3 is 2.38 bits per heavy atom. The van der Waals surface area contributed by atoms with Crippen molar-refractivity contribution in [2.75, 3.05) is 18.9 Å². The van der Waals surface area contributed by atoms with Crippen LogP contribution >= 0.6 is 15.6 Å².